The Kier molecular flexibility index (Phi) is 4.79. The molecule has 2 aromatic rings. The molecule has 0 bridgehead atoms. The van der Waals surface area contributed by atoms with Crippen molar-refractivity contribution in [1.82, 2.24) is 15.0 Å². The van der Waals surface area contributed by atoms with Crippen molar-refractivity contribution < 1.29 is 9.18 Å². The van der Waals surface area contributed by atoms with Gasteiger partial charge in [-0.1, -0.05) is 6.92 Å². The predicted molar refractivity (Wildman–Crippen MR) is 79.8 cm³/mol. The Labute approximate surface area is 125 Å². The first-order valence-corrected chi connectivity index (χ1v) is 7.31. The standard InChI is InChI=1S/C13H16FN5OS/c1-4-9(10-5-6-11(14)21-10)18-13-16-7(2)15-12(19-13)17-8(3)20/h5-6,9H,4H2,1-3H3,(H2,15,16,17,18,19,20). The molecule has 0 saturated carbocycles. The SMILES string of the molecule is CCC(Nc1nc(C)nc(NC(C)=O)n1)c1ccc(F)s1. The van der Waals surface area contributed by atoms with Crippen LogP contribution in [0.3, 0.4) is 0 Å². The van der Waals surface area contributed by atoms with Gasteiger partial charge in [-0.05, 0) is 25.5 Å². The van der Waals surface area contributed by atoms with Crippen LogP contribution in [0.5, 0.6) is 0 Å². The van der Waals surface area contributed by atoms with Crippen LogP contribution in [0.15, 0.2) is 12.1 Å². The lowest BCUT2D eigenvalue weighted by Crippen LogP contribution is -2.15. The van der Waals surface area contributed by atoms with Gasteiger partial charge in [0.05, 0.1) is 6.04 Å². The molecule has 0 aliphatic carbocycles. The van der Waals surface area contributed by atoms with Crippen LogP contribution >= 0.6 is 11.3 Å². The van der Waals surface area contributed by atoms with Gasteiger partial charge < -0.3 is 5.32 Å². The molecule has 112 valence electrons. The largest absolute Gasteiger partial charge is 0.346 e. The molecule has 2 aromatic heterocycles. The van der Waals surface area contributed by atoms with Gasteiger partial charge in [0, 0.05) is 11.8 Å². The minimum Gasteiger partial charge on any atom is -0.346 e. The van der Waals surface area contributed by atoms with Crippen molar-refractivity contribution in [3.8, 4) is 0 Å². The van der Waals surface area contributed by atoms with E-state index in [2.05, 4.69) is 25.6 Å². The van der Waals surface area contributed by atoms with Gasteiger partial charge >= 0.3 is 0 Å². The van der Waals surface area contributed by atoms with Gasteiger partial charge in [-0.3, -0.25) is 10.1 Å². The normalized spacial score (nSPS) is 12.0. The number of carbonyl (C=O) groups is 1. The first-order chi connectivity index (χ1) is 9.97. The van der Waals surface area contributed by atoms with E-state index in [4.69, 9.17) is 0 Å². The molecule has 1 amide bonds. The fourth-order valence-electron chi connectivity index (χ4n) is 1.81. The maximum atomic E-state index is 13.1. The topological polar surface area (TPSA) is 79.8 Å². The van der Waals surface area contributed by atoms with E-state index < -0.39 is 0 Å². The third-order valence-electron chi connectivity index (χ3n) is 2.68. The summed E-state index contributed by atoms with van der Waals surface area (Å²) < 4.78 is 13.1. The molecule has 0 aliphatic rings. The van der Waals surface area contributed by atoms with Gasteiger partial charge in [0.25, 0.3) is 0 Å². The molecule has 21 heavy (non-hydrogen) atoms. The number of rotatable bonds is 5. The van der Waals surface area contributed by atoms with Crippen molar-refractivity contribution in [1.29, 1.82) is 0 Å². The first kappa shape index (κ1) is 15.3. The zero-order valence-corrected chi connectivity index (χ0v) is 12.8. The molecular formula is C13H16FN5OS. The van der Waals surface area contributed by atoms with Gasteiger partial charge in [-0.25, -0.2) is 0 Å². The number of halogens is 1. The Bertz CT molecular complexity index is 645. The number of aryl methyl sites for hydroxylation is 1. The van der Waals surface area contributed by atoms with Gasteiger partial charge in [-0.2, -0.15) is 19.3 Å². The van der Waals surface area contributed by atoms with E-state index in [1.165, 1.54) is 13.0 Å². The van der Waals surface area contributed by atoms with Crippen LogP contribution < -0.4 is 10.6 Å². The number of thiophene rings is 1. The zero-order chi connectivity index (χ0) is 15.4. The van der Waals surface area contributed by atoms with Gasteiger partial charge in [-0.15, -0.1) is 11.3 Å². The van der Waals surface area contributed by atoms with Crippen molar-refractivity contribution in [2.75, 3.05) is 10.6 Å². The van der Waals surface area contributed by atoms with Crippen molar-refractivity contribution in [3.63, 3.8) is 0 Å². The Morgan fingerprint density at radius 3 is 2.62 bits per heavy atom. The molecule has 1 unspecified atom stereocenters. The molecular weight excluding hydrogens is 293 g/mol. The predicted octanol–water partition coefficient (Wildman–Crippen LogP) is 2.90. The Hall–Kier alpha value is -2.09. The van der Waals surface area contributed by atoms with Crippen LogP contribution in [-0.4, -0.2) is 20.9 Å². The van der Waals surface area contributed by atoms with E-state index in [0.717, 1.165) is 22.6 Å². The summed E-state index contributed by atoms with van der Waals surface area (Å²) in [5.74, 6) is 0.791. The molecule has 0 aliphatic heterocycles. The third-order valence-corrected chi connectivity index (χ3v) is 3.67. The molecule has 2 N–H and O–H groups in total. The summed E-state index contributed by atoms with van der Waals surface area (Å²) in [4.78, 5) is 24.3. The van der Waals surface area contributed by atoms with Crippen molar-refractivity contribution in [3.05, 3.63) is 28.0 Å². The molecule has 2 rings (SSSR count). The number of aromatic nitrogens is 3. The van der Waals surface area contributed by atoms with Gasteiger partial charge in [0.2, 0.25) is 17.8 Å². The monoisotopic (exact) mass is 309 g/mol. The second kappa shape index (κ2) is 6.57. The molecule has 2 heterocycles. The van der Waals surface area contributed by atoms with Crippen LogP contribution in [0.1, 0.15) is 37.0 Å². The quantitative estimate of drug-likeness (QED) is 0.887. The molecule has 0 radical (unpaired) electrons. The van der Waals surface area contributed by atoms with Crippen LogP contribution in [0, 0.1) is 12.1 Å². The molecule has 6 nitrogen and oxygen atoms in total. The van der Waals surface area contributed by atoms with Gasteiger partial charge in [0.15, 0.2) is 5.13 Å². The Morgan fingerprint density at radius 2 is 2.05 bits per heavy atom. The number of anilines is 2. The number of hydrogen-bond donors (Lipinski definition) is 2. The maximum Gasteiger partial charge on any atom is 0.234 e. The van der Waals surface area contributed by atoms with Crippen molar-refractivity contribution in [2.24, 2.45) is 0 Å². The fraction of sp³-hybridized carbons (Fsp3) is 0.385. The van der Waals surface area contributed by atoms with Crippen LogP contribution in [0.2, 0.25) is 0 Å². The number of nitrogens with zero attached hydrogens (tertiary/aromatic N) is 3. The highest BCUT2D eigenvalue weighted by Crippen LogP contribution is 2.27. The smallest absolute Gasteiger partial charge is 0.234 e. The van der Waals surface area contributed by atoms with Crippen molar-refractivity contribution in [2.45, 2.75) is 33.2 Å². The molecule has 0 fully saturated rings. The van der Waals surface area contributed by atoms with E-state index in [1.807, 2.05) is 6.92 Å². The van der Waals surface area contributed by atoms with Crippen LogP contribution in [0.25, 0.3) is 0 Å². The molecule has 0 spiro atoms. The molecule has 0 saturated heterocycles. The minimum absolute atomic E-state index is 0.0912. The Morgan fingerprint density at radius 1 is 1.33 bits per heavy atom. The van der Waals surface area contributed by atoms with E-state index in [1.54, 1.807) is 13.0 Å². The Balaban J connectivity index is 2.20. The van der Waals surface area contributed by atoms with E-state index in [0.29, 0.717) is 11.8 Å². The number of carbonyl (C=O) groups excluding carboxylic acids is 1. The summed E-state index contributed by atoms with van der Waals surface area (Å²) in [6.45, 7) is 5.08. The average Bonchev–Trinajstić information content (AvgIpc) is 2.81. The molecule has 8 heteroatoms. The van der Waals surface area contributed by atoms with Crippen molar-refractivity contribution >= 4 is 29.1 Å². The lowest BCUT2D eigenvalue weighted by atomic mass is 10.2. The lowest BCUT2D eigenvalue weighted by Gasteiger charge is -2.15. The highest BCUT2D eigenvalue weighted by molar-refractivity contribution is 7.10. The molecule has 1 atom stereocenters. The third kappa shape index (κ3) is 4.19. The van der Waals surface area contributed by atoms with Gasteiger partial charge in [0.1, 0.15) is 5.82 Å². The highest BCUT2D eigenvalue weighted by atomic mass is 32.1. The van der Waals surface area contributed by atoms with E-state index in [9.17, 15) is 9.18 Å². The average molecular weight is 309 g/mol. The summed E-state index contributed by atoms with van der Waals surface area (Å²) in [5.41, 5.74) is 0. The summed E-state index contributed by atoms with van der Waals surface area (Å²) >= 11 is 1.09. The lowest BCUT2D eigenvalue weighted by molar-refractivity contribution is -0.114. The summed E-state index contributed by atoms with van der Waals surface area (Å²) in [5, 5.41) is 5.44. The first-order valence-electron chi connectivity index (χ1n) is 6.50. The number of hydrogen-bond acceptors (Lipinski definition) is 6. The second-order valence-electron chi connectivity index (χ2n) is 4.46. The fourth-order valence-corrected chi connectivity index (χ4v) is 2.67. The van der Waals surface area contributed by atoms with E-state index >= 15 is 0 Å². The summed E-state index contributed by atoms with van der Waals surface area (Å²) in [6.07, 6.45) is 0.750. The van der Waals surface area contributed by atoms with Crippen LogP contribution in [0.4, 0.5) is 16.3 Å². The molecule has 0 aromatic carbocycles. The number of nitrogens with one attached hydrogen (secondary N) is 2. The minimum atomic E-state index is -0.251. The number of amides is 1. The summed E-state index contributed by atoms with van der Waals surface area (Å²) in [7, 11) is 0. The van der Waals surface area contributed by atoms with Crippen LogP contribution in [-0.2, 0) is 4.79 Å². The zero-order valence-electron chi connectivity index (χ0n) is 12.0. The maximum absolute atomic E-state index is 13.1. The highest BCUT2D eigenvalue weighted by Gasteiger charge is 2.14. The van der Waals surface area contributed by atoms with E-state index in [-0.39, 0.29) is 23.0 Å². The summed E-state index contributed by atoms with van der Waals surface area (Å²) in [6, 6.07) is 3.09. The second-order valence-corrected chi connectivity index (χ2v) is 5.52.